The van der Waals surface area contributed by atoms with Crippen LogP contribution in [0.5, 0.6) is 0 Å². The lowest BCUT2D eigenvalue weighted by Crippen LogP contribution is -2.61. The Bertz CT molecular complexity index is 1370. The summed E-state index contributed by atoms with van der Waals surface area (Å²) in [5.74, 6) is -0.706. The number of allylic oxidation sites excluding steroid dienone is 3. The van der Waals surface area contributed by atoms with Crippen molar-refractivity contribution < 1.29 is 57.0 Å². The molecule has 0 radical (unpaired) electrons. The third kappa shape index (κ3) is 38.7. The van der Waals surface area contributed by atoms with Crippen molar-refractivity contribution in [1.82, 2.24) is 5.32 Å². The smallest absolute Gasteiger partial charge is 0.394 e. The Morgan fingerprint density at radius 1 is 0.563 bits per heavy atom. The minimum absolute atomic E-state index is 0.241. The van der Waals surface area contributed by atoms with Gasteiger partial charge in [-0.05, 0) is 32.1 Å². The average molecular weight is 1030 g/mol. The van der Waals surface area contributed by atoms with Crippen LogP contribution in [0, 0.1) is 0 Å². The van der Waals surface area contributed by atoms with Crippen LogP contribution in [0.2, 0.25) is 0 Å². The highest BCUT2D eigenvalue weighted by Gasteiger charge is 2.48. The molecule has 0 aromatic rings. The quantitative estimate of drug-likeness (QED) is 0.0172. The summed E-state index contributed by atoms with van der Waals surface area (Å²) in [6.07, 6.45) is 45.5. The second-order valence-electron chi connectivity index (χ2n) is 20.7. The molecule has 8 unspecified atom stereocenters. The number of unbranched alkanes of at least 4 members (excludes halogenated alkanes) is 36. The lowest BCUT2D eigenvalue weighted by molar-refractivity contribution is -0.298. The van der Waals surface area contributed by atoms with E-state index in [1.807, 2.05) is 0 Å². The summed E-state index contributed by atoms with van der Waals surface area (Å²) in [4.78, 5) is 13.2. The number of nitrogens with one attached hydrogen (secondary N) is 1. The van der Waals surface area contributed by atoms with E-state index in [4.69, 9.17) is 9.47 Å². The van der Waals surface area contributed by atoms with Crippen molar-refractivity contribution in [3.05, 3.63) is 24.3 Å². The molecule has 7 N–H and O–H groups in total. The highest BCUT2D eigenvalue weighted by Crippen LogP contribution is 2.26. The normalized spacial score (nSPS) is 20.0. The molecule has 1 aliphatic rings. The molecule has 1 rings (SSSR count). The van der Waals surface area contributed by atoms with Gasteiger partial charge in [-0.3, -0.25) is 9.35 Å². The molecule has 1 fully saturated rings. The molecule has 1 heterocycles. The van der Waals surface area contributed by atoms with E-state index in [9.17, 15) is 43.3 Å². The molecule has 13 nitrogen and oxygen atoms in total. The van der Waals surface area contributed by atoms with Crippen molar-refractivity contribution in [1.29, 1.82) is 0 Å². The Morgan fingerprint density at radius 2 is 0.944 bits per heavy atom. The predicted octanol–water partition coefficient (Wildman–Crippen LogP) is 12.6. The fourth-order valence-electron chi connectivity index (χ4n) is 9.48. The van der Waals surface area contributed by atoms with E-state index in [1.54, 1.807) is 6.08 Å². The fourth-order valence-corrected chi connectivity index (χ4v) is 9.99. The van der Waals surface area contributed by atoms with Gasteiger partial charge >= 0.3 is 10.4 Å². The lowest BCUT2D eigenvalue weighted by Gasteiger charge is -2.41. The molecule has 71 heavy (non-hydrogen) atoms. The number of rotatable bonds is 51. The Hall–Kier alpha value is -1.46. The number of ether oxygens (including phenoxy) is 2. The van der Waals surface area contributed by atoms with Gasteiger partial charge in [-0.15, -0.1) is 0 Å². The molecular weight excluding hydrogens is 923 g/mol. The van der Waals surface area contributed by atoms with Gasteiger partial charge in [0.25, 0.3) is 0 Å². The van der Waals surface area contributed by atoms with Crippen LogP contribution in [0.3, 0.4) is 0 Å². The summed E-state index contributed by atoms with van der Waals surface area (Å²) < 4.78 is 47.8. The number of hydrogen-bond donors (Lipinski definition) is 7. The second-order valence-corrected chi connectivity index (χ2v) is 21.8. The summed E-state index contributed by atoms with van der Waals surface area (Å²) >= 11 is 0. The molecule has 0 saturated carbocycles. The third-order valence-corrected chi connectivity index (χ3v) is 14.6. The van der Waals surface area contributed by atoms with E-state index < -0.39 is 78.5 Å². The average Bonchev–Trinajstić information content (AvgIpc) is 3.35. The van der Waals surface area contributed by atoms with Gasteiger partial charge in [0.2, 0.25) is 5.91 Å². The van der Waals surface area contributed by atoms with E-state index in [2.05, 4.69) is 35.5 Å². The fraction of sp³-hybridized carbons (Fsp3) is 0.912. The minimum atomic E-state index is -5.13. The van der Waals surface area contributed by atoms with Crippen molar-refractivity contribution >= 4 is 16.3 Å². The van der Waals surface area contributed by atoms with Gasteiger partial charge in [-0.25, -0.2) is 4.18 Å². The van der Waals surface area contributed by atoms with Crippen molar-refractivity contribution in [3.63, 3.8) is 0 Å². The number of aliphatic hydroxyl groups is 5. The minimum Gasteiger partial charge on any atom is -0.394 e. The van der Waals surface area contributed by atoms with Crippen molar-refractivity contribution in [3.8, 4) is 0 Å². The van der Waals surface area contributed by atoms with Crippen LogP contribution in [-0.4, -0.2) is 107 Å². The van der Waals surface area contributed by atoms with Crippen LogP contribution < -0.4 is 5.32 Å². The zero-order valence-electron chi connectivity index (χ0n) is 45.2. The first-order valence-electron chi connectivity index (χ1n) is 29.3. The van der Waals surface area contributed by atoms with Crippen molar-refractivity contribution in [2.24, 2.45) is 0 Å². The van der Waals surface area contributed by atoms with Gasteiger partial charge in [-0.1, -0.05) is 263 Å². The zero-order valence-corrected chi connectivity index (χ0v) is 46.0. The maximum atomic E-state index is 13.2. The number of hydrogen-bond acceptors (Lipinski definition) is 11. The molecule has 0 aromatic heterocycles. The molecule has 1 aliphatic heterocycles. The Labute approximate surface area is 434 Å². The van der Waals surface area contributed by atoms with Crippen LogP contribution in [0.4, 0.5) is 0 Å². The predicted molar refractivity (Wildman–Crippen MR) is 288 cm³/mol. The number of carbonyl (C=O) groups is 1. The molecule has 0 aliphatic carbocycles. The van der Waals surface area contributed by atoms with Gasteiger partial charge in [0.05, 0.1) is 25.4 Å². The largest absolute Gasteiger partial charge is 0.397 e. The van der Waals surface area contributed by atoms with Crippen molar-refractivity contribution in [2.45, 2.75) is 320 Å². The Kier molecular flexibility index (Phi) is 44.7. The van der Waals surface area contributed by atoms with Crippen molar-refractivity contribution in [2.75, 3.05) is 13.2 Å². The van der Waals surface area contributed by atoms with Crippen LogP contribution in [0.25, 0.3) is 0 Å². The van der Waals surface area contributed by atoms with Gasteiger partial charge in [0.15, 0.2) is 6.29 Å². The highest BCUT2D eigenvalue weighted by atomic mass is 32.3. The van der Waals surface area contributed by atoms with Gasteiger partial charge in [0.1, 0.15) is 30.5 Å². The summed E-state index contributed by atoms with van der Waals surface area (Å²) in [5.41, 5.74) is 0. The Balaban J connectivity index is 2.44. The van der Waals surface area contributed by atoms with Crippen LogP contribution >= 0.6 is 0 Å². The number of carbonyl (C=O) groups excluding carboxylic acids is 1. The molecule has 420 valence electrons. The summed E-state index contributed by atoms with van der Waals surface area (Å²) in [6.45, 7) is 3.26. The second kappa shape index (κ2) is 47.0. The molecule has 0 bridgehead atoms. The Morgan fingerprint density at radius 3 is 1.35 bits per heavy atom. The molecule has 1 saturated heterocycles. The standard InChI is InChI=1S/C57H109NO12S/c1-3-5-7-9-11-13-15-17-19-21-23-25-27-29-31-33-35-37-39-41-43-45-50(60)49(48-68-57-54(63)55(70-71(65,66)67)53(62)52(47-59)69-57)58-56(64)51(61)46-44-42-40-38-36-34-32-30-28-26-24-22-20-18-16-14-12-10-8-6-4-2/h35,37,43,45,49-55,57,59-63H,3-34,36,38-42,44,46-48H2,1-2H3,(H,58,64)(H,65,66,67)/b37-35+,45-43+. The van der Waals surface area contributed by atoms with E-state index in [0.29, 0.717) is 12.8 Å². The maximum Gasteiger partial charge on any atom is 0.397 e. The topological polar surface area (TPSA) is 212 Å². The van der Waals surface area contributed by atoms with Gasteiger partial charge in [-0.2, -0.15) is 8.42 Å². The first-order valence-corrected chi connectivity index (χ1v) is 30.7. The monoisotopic (exact) mass is 1030 g/mol. The highest BCUT2D eigenvalue weighted by molar-refractivity contribution is 7.80. The van der Waals surface area contributed by atoms with E-state index >= 15 is 0 Å². The van der Waals surface area contributed by atoms with E-state index in [0.717, 1.165) is 38.5 Å². The van der Waals surface area contributed by atoms with E-state index in [-0.39, 0.29) is 6.42 Å². The molecular formula is C57H109NO12S. The first kappa shape index (κ1) is 67.6. The van der Waals surface area contributed by atoms with E-state index in [1.165, 1.54) is 205 Å². The molecule has 0 spiro atoms. The van der Waals surface area contributed by atoms with Crippen LogP contribution in [0.1, 0.15) is 271 Å². The molecule has 0 aromatic carbocycles. The first-order chi connectivity index (χ1) is 34.4. The summed E-state index contributed by atoms with van der Waals surface area (Å²) in [5, 5.41) is 55.5. The lowest BCUT2D eigenvalue weighted by atomic mass is 9.99. The van der Waals surface area contributed by atoms with Gasteiger partial charge in [0, 0.05) is 0 Å². The molecule has 14 heteroatoms. The number of aliphatic hydroxyl groups excluding tert-OH is 5. The summed E-state index contributed by atoms with van der Waals surface area (Å²) in [7, 11) is -5.13. The number of amides is 1. The third-order valence-electron chi connectivity index (χ3n) is 14.1. The molecule has 1 amide bonds. The maximum absolute atomic E-state index is 13.2. The van der Waals surface area contributed by atoms with Crippen LogP contribution in [0.15, 0.2) is 24.3 Å². The zero-order chi connectivity index (χ0) is 52.1. The molecule has 8 atom stereocenters. The van der Waals surface area contributed by atoms with Crippen LogP contribution in [-0.2, 0) is 28.9 Å². The van der Waals surface area contributed by atoms with Gasteiger partial charge < -0.3 is 40.3 Å². The summed E-state index contributed by atoms with van der Waals surface area (Å²) in [6, 6.07) is -1.13. The SMILES string of the molecule is CCCCCCCCCCCCCCCCC/C=C/CC/C=C/C(O)C(COC1OC(CO)C(O)C(OS(=O)(=O)O)C1O)NC(=O)C(O)CCCCCCCCCCCCCCCCCCCCCCC.